The van der Waals surface area contributed by atoms with Gasteiger partial charge in [0.1, 0.15) is 22.9 Å². The van der Waals surface area contributed by atoms with Gasteiger partial charge in [-0.25, -0.2) is 8.42 Å². The molecule has 9 nitrogen and oxygen atoms in total. The molecule has 21 heavy (non-hydrogen) atoms. The Kier molecular flexibility index (Phi) is 4.09. The van der Waals surface area contributed by atoms with Gasteiger partial charge < -0.3 is 4.74 Å². The highest BCUT2D eigenvalue weighted by molar-refractivity contribution is 8.13. The standard InChI is InChI=1S/C10H9ClN4O5S/c1-14-5-7(12-13-14)6-20-9-3-2-8(15(16)17)4-10(9)21(11,18)19/h2-5H,6H2,1H3. The second kappa shape index (κ2) is 5.66. The number of ether oxygens (including phenoxy) is 1. The van der Waals surface area contributed by atoms with Crippen LogP contribution in [0.5, 0.6) is 5.75 Å². The summed E-state index contributed by atoms with van der Waals surface area (Å²) in [5, 5.41) is 18.1. The molecular weight excluding hydrogens is 324 g/mol. The number of hydrogen-bond acceptors (Lipinski definition) is 7. The maximum absolute atomic E-state index is 11.5. The fourth-order valence-electron chi connectivity index (χ4n) is 1.53. The number of hydrogen-bond donors (Lipinski definition) is 0. The number of non-ortho nitro benzene ring substituents is 1. The van der Waals surface area contributed by atoms with Crippen LogP contribution in [0.25, 0.3) is 0 Å². The number of aryl methyl sites for hydroxylation is 1. The molecule has 0 aliphatic carbocycles. The van der Waals surface area contributed by atoms with Crippen LogP contribution in [-0.2, 0) is 22.7 Å². The van der Waals surface area contributed by atoms with E-state index in [0.29, 0.717) is 5.69 Å². The lowest BCUT2D eigenvalue weighted by Crippen LogP contribution is -2.02. The average Bonchev–Trinajstić information content (AvgIpc) is 2.81. The van der Waals surface area contributed by atoms with Crippen LogP contribution in [0.15, 0.2) is 29.3 Å². The molecule has 0 aliphatic heterocycles. The maximum Gasteiger partial charge on any atom is 0.271 e. The third kappa shape index (κ3) is 3.67. The van der Waals surface area contributed by atoms with Crippen LogP contribution in [0, 0.1) is 10.1 Å². The molecule has 0 bridgehead atoms. The van der Waals surface area contributed by atoms with Crippen molar-refractivity contribution in [3.63, 3.8) is 0 Å². The quantitative estimate of drug-likeness (QED) is 0.459. The first-order valence-electron chi connectivity index (χ1n) is 5.48. The molecule has 0 fully saturated rings. The second-order valence-electron chi connectivity index (χ2n) is 4.00. The summed E-state index contributed by atoms with van der Waals surface area (Å²) in [5.41, 5.74) is 0.0647. The largest absolute Gasteiger partial charge is 0.486 e. The summed E-state index contributed by atoms with van der Waals surface area (Å²) in [6.07, 6.45) is 1.58. The van der Waals surface area contributed by atoms with Gasteiger partial charge in [0.25, 0.3) is 14.7 Å². The number of benzene rings is 1. The minimum Gasteiger partial charge on any atom is -0.486 e. The van der Waals surface area contributed by atoms with Crippen molar-refractivity contribution >= 4 is 25.4 Å². The smallest absolute Gasteiger partial charge is 0.271 e. The third-order valence-electron chi connectivity index (χ3n) is 2.43. The molecule has 0 saturated carbocycles. The molecule has 0 amide bonds. The summed E-state index contributed by atoms with van der Waals surface area (Å²) < 4.78 is 29.7. The summed E-state index contributed by atoms with van der Waals surface area (Å²) in [4.78, 5) is 9.49. The zero-order chi connectivity index (χ0) is 15.6. The highest BCUT2D eigenvalue weighted by Gasteiger charge is 2.21. The van der Waals surface area contributed by atoms with Crippen LogP contribution in [0.4, 0.5) is 5.69 Å². The van der Waals surface area contributed by atoms with Crippen molar-refractivity contribution in [2.45, 2.75) is 11.5 Å². The van der Waals surface area contributed by atoms with E-state index in [1.54, 1.807) is 13.2 Å². The normalized spacial score (nSPS) is 11.3. The summed E-state index contributed by atoms with van der Waals surface area (Å²) in [6, 6.07) is 3.13. The highest BCUT2D eigenvalue weighted by Crippen LogP contribution is 2.31. The van der Waals surface area contributed by atoms with Gasteiger partial charge in [-0.15, -0.1) is 5.10 Å². The summed E-state index contributed by atoms with van der Waals surface area (Å²) in [6.45, 7) is -0.0505. The Balaban J connectivity index is 2.32. The Bertz CT molecular complexity index is 788. The van der Waals surface area contributed by atoms with Crippen molar-refractivity contribution in [2.75, 3.05) is 0 Å². The van der Waals surface area contributed by atoms with Crippen molar-refractivity contribution in [1.82, 2.24) is 15.0 Å². The first kappa shape index (κ1) is 15.2. The van der Waals surface area contributed by atoms with Crippen LogP contribution in [-0.4, -0.2) is 28.3 Å². The van der Waals surface area contributed by atoms with E-state index < -0.39 is 24.6 Å². The van der Waals surface area contributed by atoms with Crippen molar-refractivity contribution < 1.29 is 18.1 Å². The lowest BCUT2D eigenvalue weighted by Gasteiger charge is -2.07. The zero-order valence-corrected chi connectivity index (χ0v) is 12.2. The van der Waals surface area contributed by atoms with Crippen molar-refractivity contribution in [3.8, 4) is 5.75 Å². The van der Waals surface area contributed by atoms with Gasteiger partial charge in [0, 0.05) is 29.9 Å². The lowest BCUT2D eigenvalue weighted by atomic mass is 10.3. The Morgan fingerprint density at radius 1 is 1.48 bits per heavy atom. The van der Waals surface area contributed by atoms with E-state index in [9.17, 15) is 18.5 Å². The first-order valence-corrected chi connectivity index (χ1v) is 7.79. The Morgan fingerprint density at radius 3 is 2.71 bits per heavy atom. The van der Waals surface area contributed by atoms with Crippen LogP contribution in [0.1, 0.15) is 5.69 Å². The van der Waals surface area contributed by atoms with Crippen molar-refractivity contribution in [2.24, 2.45) is 7.05 Å². The van der Waals surface area contributed by atoms with Gasteiger partial charge in [0.15, 0.2) is 0 Å². The molecule has 11 heteroatoms. The summed E-state index contributed by atoms with van der Waals surface area (Å²) >= 11 is 0. The Labute approximate surface area is 123 Å². The van der Waals surface area contributed by atoms with Crippen molar-refractivity contribution in [3.05, 3.63) is 40.2 Å². The molecule has 0 N–H and O–H groups in total. The predicted molar refractivity (Wildman–Crippen MR) is 71.5 cm³/mol. The SMILES string of the molecule is Cn1cc(COc2ccc([N+](=O)[O-])cc2S(=O)(=O)Cl)nn1. The van der Waals surface area contributed by atoms with Gasteiger partial charge in [-0.2, -0.15) is 0 Å². The molecule has 0 atom stereocenters. The topological polar surface area (TPSA) is 117 Å². The number of aromatic nitrogens is 3. The highest BCUT2D eigenvalue weighted by atomic mass is 35.7. The van der Waals surface area contributed by atoms with E-state index >= 15 is 0 Å². The monoisotopic (exact) mass is 332 g/mol. The van der Waals surface area contributed by atoms with Gasteiger partial charge >= 0.3 is 0 Å². The van der Waals surface area contributed by atoms with Crippen LogP contribution >= 0.6 is 10.7 Å². The number of nitro groups is 1. The molecule has 0 spiro atoms. The van der Waals surface area contributed by atoms with Crippen molar-refractivity contribution in [1.29, 1.82) is 0 Å². The molecule has 1 aromatic heterocycles. The Morgan fingerprint density at radius 2 is 2.19 bits per heavy atom. The van der Waals surface area contributed by atoms with E-state index in [1.165, 1.54) is 10.7 Å². The first-order chi connectivity index (χ1) is 9.77. The maximum atomic E-state index is 11.5. The average molecular weight is 333 g/mol. The molecule has 112 valence electrons. The third-order valence-corrected chi connectivity index (χ3v) is 3.77. The van der Waals surface area contributed by atoms with Crippen LogP contribution in [0.2, 0.25) is 0 Å². The molecular formula is C10H9ClN4O5S. The van der Waals surface area contributed by atoms with E-state index in [4.69, 9.17) is 15.4 Å². The molecule has 0 aliphatic rings. The fourth-order valence-corrected chi connectivity index (χ4v) is 2.52. The molecule has 0 radical (unpaired) electrons. The van der Waals surface area contributed by atoms with E-state index in [-0.39, 0.29) is 12.4 Å². The number of nitro benzene ring substituents is 1. The minimum atomic E-state index is -4.19. The number of halogens is 1. The summed E-state index contributed by atoms with van der Waals surface area (Å²) in [5.74, 6) is -0.0961. The molecule has 2 aromatic rings. The van der Waals surface area contributed by atoms with Gasteiger partial charge in [0.2, 0.25) is 0 Å². The lowest BCUT2D eigenvalue weighted by molar-refractivity contribution is -0.385. The van der Waals surface area contributed by atoms with Gasteiger partial charge in [-0.3, -0.25) is 14.8 Å². The van der Waals surface area contributed by atoms with Crippen LogP contribution < -0.4 is 4.74 Å². The van der Waals surface area contributed by atoms with E-state index in [0.717, 1.165) is 12.1 Å². The molecule has 1 heterocycles. The minimum absolute atomic E-state index is 0.0505. The fraction of sp³-hybridized carbons (Fsp3) is 0.200. The second-order valence-corrected chi connectivity index (χ2v) is 6.53. The van der Waals surface area contributed by atoms with E-state index in [2.05, 4.69) is 10.3 Å². The Hall–Kier alpha value is -2.20. The van der Waals surface area contributed by atoms with Gasteiger partial charge in [0.05, 0.1) is 11.1 Å². The van der Waals surface area contributed by atoms with Gasteiger partial charge in [-0.1, -0.05) is 5.21 Å². The van der Waals surface area contributed by atoms with Crippen LogP contribution in [0.3, 0.4) is 0 Å². The molecule has 2 rings (SSSR count). The zero-order valence-electron chi connectivity index (χ0n) is 10.6. The molecule has 0 saturated heterocycles. The number of rotatable bonds is 5. The summed E-state index contributed by atoms with van der Waals surface area (Å²) in [7, 11) is 2.74. The molecule has 1 aromatic carbocycles. The van der Waals surface area contributed by atoms with E-state index in [1.807, 2.05) is 0 Å². The predicted octanol–water partition coefficient (Wildman–Crippen LogP) is 1.23. The van der Waals surface area contributed by atoms with Gasteiger partial charge in [-0.05, 0) is 6.07 Å². The molecule has 0 unspecified atom stereocenters. The number of nitrogens with zero attached hydrogens (tertiary/aromatic N) is 4.